The maximum Gasteiger partial charge on any atom is 0.238 e. The molecule has 0 aliphatic heterocycles. The SMILES string of the molecule is C[C@H](NCC(=O)Nc1cccc(Br)c1)c1ccc(Cl)cc1. The number of carbonyl (C=O) groups is 1. The van der Waals surface area contributed by atoms with E-state index < -0.39 is 0 Å². The van der Waals surface area contributed by atoms with Crippen molar-refractivity contribution in [2.24, 2.45) is 0 Å². The predicted octanol–water partition coefficient (Wildman–Crippen LogP) is 4.39. The van der Waals surface area contributed by atoms with Crippen molar-refractivity contribution in [3.8, 4) is 0 Å². The van der Waals surface area contributed by atoms with Gasteiger partial charge in [-0.2, -0.15) is 0 Å². The molecule has 2 rings (SSSR count). The number of amides is 1. The molecule has 2 aromatic rings. The lowest BCUT2D eigenvalue weighted by Crippen LogP contribution is -2.30. The fraction of sp³-hybridized carbons (Fsp3) is 0.188. The Balaban J connectivity index is 1.84. The van der Waals surface area contributed by atoms with Gasteiger partial charge in [0.25, 0.3) is 0 Å². The number of rotatable bonds is 5. The second kappa shape index (κ2) is 7.59. The molecule has 110 valence electrons. The van der Waals surface area contributed by atoms with Crippen molar-refractivity contribution in [1.82, 2.24) is 5.32 Å². The molecular weight excluding hydrogens is 352 g/mol. The van der Waals surface area contributed by atoms with Crippen LogP contribution in [0.15, 0.2) is 53.0 Å². The van der Waals surface area contributed by atoms with Gasteiger partial charge in [-0.15, -0.1) is 0 Å². The van der Waals surface area contributed by atoms with Crippen LogP contribution >= 0.6 is 27.5 Å². The highest BCUT2D eigenvalue weighted by Gasteiger charge is 2.08. The van der Waals surface area contributed by atoms with Crippen molar-refractivity contribution >= 4 is 39.1 Å². The van der Waals surface area contributed by atoms with E-state index in [9.17, 15) is 4.79 Å². The first-order valence-corrected chi connectivity index (χ1v) is 7.76. The third kappa shape index (κ3) is 5.16. The first-order chi connectivity index (χ1) is 10.0. The summed E-state index contributed by atoms with van der Waals surface area (Å²) < 4.78 is 0.933. The van der Waals surface area contributed by atoms with Crippen molar-refractivity contribution in [2.75, 3.05) is 11.9 Å². The van der Waals surface area contributed by atoms with Crippen molar-refractivity contribution in [3.63, 3.8) is 0 Å². The maximum absolute atomic E-state index is 11.9. The van der Waals surface area contributed by atoms with E-state index in [0.29, 0.717) is 5.02 Å². The summed E-state index contributed by atoms with van der Waals surface area (Å²) in [4.78, 5) is 11.9. The van der Waals surface area contributed by atoms with Gasteiger partial charge in [0.15, 0.2) is 0 Å². The van der Waals surface area contributed by atoms with Gasteiger partial charge in [0.05, 0.1) is 6.54 Å². The molecule has 2 aromatic carbocycles. The molecule has 0 aliphatic rings. The average molecular weight is 368 g/mol. The molecule has 1 atom stereocenters. The highest BCUT2D eigenvalue weighted by molar-refractivity contribution is 9.10. The Bertz CT molecular complexity index is 616. The monoisotopic (exact) mass is 366 g/mol. The third-order valence-corrected chi connectivity index (χ3v) is 3.79. The Morgan fingerprint density at radius 3 is 2.62 bits per heavy atom. The molecule has 0 saturated heterocycles. The van der Waals surface area contributed by atoms with E-state index in [2.05, 4.69) is 26.6 Å². The first-order valence-electron chi connectivity index (χ1n) is 6.59. The van der Waals surface area contributed by atoms with Crippen LogP contribution in [0.4, 0.5) is 5.69 Å². The largest absolute Gasteiger partial charge is 0.325 e. The van der Waals surface area contributed by atoms with Crippen LogP contribution in [0.2, 0.25) is 5.02 Å². The molecule has 0 saturated carbocycles. The molecule has 21 heavy (non-hydrogen) atoms. The molecule has 5 heteroatoms. The van der Waals surface area contributed by atoms with E-state index in [1.165, 1.54) is 0 Å². The van der Waals surface area contributed by atoms with Crippen LogP contribution in [0.1, 0.15) is 18.5 Å². The Labute approximate surface area is 137 Å². The summed E-state index contributed by atoms with van der Waals surface area (Å²) in [6.45, 7) is 2.26. The first kappa shape index (κ1) is 16.0. The van der Waals surface area contributed by atoms with Crippen LogP contribution in [0.25, 0.3) is 0 Å². The normalized spacial score (nSPS) is 12.0. The number of halogens is 2. The molecular formula is C16H16BrClN2O. The van der Waals surface area contributed by atoms with Crippen LogP contribution in [0, 0.1) is 0 Å². The highest BCUT2D eigenvalue weighted by Crippen LogP contribution is 2.17. The molecule has 2 N–H and O–H groups in total. The number of benzene rings is 2. The lowest BCUT2D eigenvalue weighted by molar-refractivity contribution is -0.115. The number of nitrogens with one attached hydrogen (secondary N) is 2. The van der Waals surface area contributed by atoms with Crippen LogP contribution in [0.3, 0.4) is 0 Å². The number of hydrogen-bond donors (Lipinski definition) is 2. The van der Waals surface area contributed by atoms with Crippen molar-refractivity contribution in [3.05, 3.63) is 63.6 Å². The maximum atomic E-state index is 11.9. The van der Waals surface area contributed by atoms with Gasteiger partial charge < -0.3 is 10.6 Å². The van der Waals surface area contributed by atoms with Crippen LogP contribution in [0.5, 0.6) is 0 Å². The summed E-state index contributed by atoms with van der Waals surface area (Å²) >= 11 is 9.23. The summed E-state index contributed by atoms with van der Waals surface area (Å²) in [6.07, 6.45) is 0. The van der Waals surface area contributed by atoms with E-state index in [1.54, 1.807) is 0 Å². The molecule has 0 aliphatic carbocycles. The fourth-order valence-electron chi connectivity index (χ4n) is 1.89. The van der Waals surface area contributed by atoms with Gasteiger partial charge in [0, 0.05) is 21.2 Å². The van der Waals surface area contributed by atoms with Crippen LogP contribution < -0.4 is 10.6 Å². The second-order valence-corrected chi connectivity index (χ2v) is 6.06. The lowest BCUT2D eigenvalue weighted by Gasteiger charge is -2.14. The van der Waals surface area contributed by atoms with Gasteiger partial charge in [-0.3, -0.25) is 4.79 Å². The smallest absolute Gasteiger partial charge is 0.238 e. The number of hydrogen-bond acceptors (Lipinski definition) is 2. The van der Waals surface area contributed by atoms with E-state index in [1.807, 2.05) is 55.5 Å². The minimum Gasteiger partial charge on any atom is -0.325 e. The van der Waals surface area contributed by atoms with Crippen LogP contribution in [-0.4, -0.2) is 12.5 Å². The zero-order chi connectivity index (χ0) is 15.2. The van der Waals surface area contributed by atoms with Crippen LogP contribution in [-0.2, 0) is 4.79 Å². The minimum atomic E-state index is -0.0751. The molecule has 1 amide bonds. The Morgan fingerprint density at radius 2 is 1.95 bits per heavy atom. The Hall–Kier alpha value is -1.36. The molecule has 0 aromatic heterocycles. The molecule has 3 nitrogen and oxygen atoms in total. The quantitative estimate of drug-likeness (QED) is 0.823. The zero-order valence-corrected chi connectivity index (χ0v) is 13.9. The fourth-order valence-corrected chi connectivity index (χ4v) is 2.41. The van der Waals surface area contributed by atoms with Gasteiger partial charge in [0.2, 0.25) is 5.91 Å². The summed E-state index contributed by atoms with van der Waals surface area (Å²) in [5.74, 6) is -0.0751. The van der Waals surface area contributed by atoms with Gasteiger partial charge in [-0.1, -0.05) is 45.7 Å². The summed E-state index contributed by atoms with van der Waals surface area (Å²) in [7, 11) is 0. The number of anilines is 1. The second-order valence-electron chi connectivity index (χ2n) is 4.71. The van der Waals surface area contributed by atoms with E-state index in [-0.39, 0.29) is 18.5 Å². The Kier molecular flexibility index (Phi) is 5.79. The van der Waals surface area contributed by atoms with E-state index in [0.717, 1.165) is 15.7 Å². The van der Waals surface area contributed by atoms with Crippen molar-refractivity contribution < 1.29 is 4.79 Å². The summed E-state index contributed by atoms with van der Waals surface area (Å²) in [5, 5.41) is 6.74. The van der Waals surface area contributed by atoms with Gasteiger partial charge >= 0.3 is 0 Å². The number of carbonyl (C=O) groups excluding carboxylic acids is 1. The minimum absolute atomic E-state index is 0.0751. The van der Waals surface area contributed by atoms with E-state index in [4.69, 9.17) is 11.6 Å². The molecule has 0 unspecified atom stereocenters. The molecule has 0 radical (unpaired) electrons. The average Bonchev–Trinajstić information content (AvgIpc) is 2.45. The van der Waals surface area contributed by atoms with Gasteiger partial charge in [-0.05, 0) is 42.8 Å². The van der Waals surface area contributed by atoms with Crippen molar-refractivity contribution in [1.29, 1.82) is 0 Å². The molecule has 0 fully saturated rings. The molecule has 0 heterocycles. The molecule has 0 spiro atoms. The topological polar surface area (TPSA) is 41.1 Å². The zero-order valence-electron chi connectivity index (χ0n) is 11.6. The Morgan fingerprint density at radius 1 is 1.24 bits per heavy atom. The predicted molar refractivity (Wildman–Crippen MR) is 90.6 cm³/mol. The molecule has 0 bridgehead atoms. The summed E-state index contributed by atoms with van der Waals surface area (Å²) in [5.41, 5.74) is 1.87. The van der Waals surface area contributed by atoms with E-state index >= 15 is 0 Å². The highest BCUT2D eigenvalue weighted by atomic mass is 79.9. The summed E-state index contributed by atoms with van der Waals surface area (Å²) in [6, 6.07) is 15.2. The third-order valence-electron chi connectivity index (χ3n) is 3.05. The lowest BCUT2D eigenvalue weighted by atomic mass is 10.1. The van der Waals surface area contributed by atoms with Crippen molar-refractivity contribution in [2.45, 2.75) is 13.0 Å². The van der Waals surface area contributed by atoms with Gasteiger partial charge in [0.1, 0.15) is 0 Å². The van der Waals surface area contributed by atoms with Gasteiger partial charge in [-0.25, -0.2) is 0 Å². The standard InChI is InChI=1S/C16H16BrClN2O/c1-11(12-5-7-14(18)8-6-12)19-10-16(21)20-15-4-2-3-13(17)9-15/h2-9,11,19H,10H2,1H3,(H,20,21)/t11-/m0/s1.